The van der Waals surface area contributed by atoms with Crippen LogP contribution in [0.4, 0.5) is 5.82 Å². The van der Waals surface area contributed by atoms with E-state index in [1.807, 2.05) is 25.2 Å². The molecular formula is C8H8BrN3. The topological polar surface area (TPSA) is 40.7 Å². The highest BCUT2D eigenvalue weighted by Gasteiger charge is 2.02. The fourth-order valence-corrected chi connectivity index (χ4v) is 1.53. The number of fused-ring (bicyclic) bond motifs is 1. The second-order valence-corrected chi connectivity index (χ2v) is 3.43. The second kappa shape index (κ2) is 2.79. The minimum absolute atomic E-state index is 0.950. The monoisotopic (exact) mass is 225 g/mol. The van der Waals surface area contributed by atoms with Crippen LogP contribution in [0.5, 0.6) is 0 Å². The zero-order valence-corrected chi connectivity index (χ0v) is 8.14. The fourth-order valence-electron chi connectivity index (χ4n) is 1.17. The molecular weight excluding hydrogens is 218 g/mol. The number of H-pyrrole nitrogens is 1. The van der Waals surface area contributed by atoms with Crippen molar-refractivity contribution in [3.8, 4) is 0 Å². The molecule has 4 heteroatoms. The Bertz CT molecular complexity index is 408. The Morgan fingerprint density at radius 1 is 1.50 bits per heavy atom. The van der Waals surface area contributed by atoms with Gasteiger partial charge in [-0.25, -0.2) is 0 Å². The highest BCUT2D eigenvalue weighted by molar-refractivity contribution is 9.10. The normalized spacial score (nSPS) is 10.5. The number of halogens is 1. The van der Waals surface area contributed by atoms with Crippen molar-refractivity contribution >= 4 is 32.7 Å². The first kappa shape index (κ1) is 7.61. The quantitative estimate of drug-likeness (QED) is 0.783. The third-order valence-corrected chi connectivity index (χ3v) is 2.26. The van der Waals surface area contributed by atoms with Crippen LogP contribution in [0.3, 0.4) is 0 Å². The molecule has 2 N–H and O–H groups in total. The summed E-state index contributed by atoms with van der Waals surface area (Å²) in [7, 11) is 1.87. The number of anilines is 1. The summed E-state index contributed by atoms with van der Waals surface area (Å²) in [4.78, 5) is 0. The summed E-state index contributed by atoms with van der Waals surface area (Å²) in [5, 5.41) is 11.2. The van der Waals surface area contributed by atoms with Gasteiger partial charge in [-0.3, -0.25) is 5.10 Å². The lowest BCUT2D eigenvalue weighted by atomic mass is 10.2. The van der Waals surface area contributed by atoms with Crippen LogP contribution in [0.15, 0.2) is 22.7 Å². The summed E-state index contributed by atoms with van der Waals surface area (Å²) in [5.41, 5.74) is 0.975. The van der Waals surface area contributed by atoms with Crippen LogP contribution < -0.4 is 5.32 Å². The highest BCUT2D eigenvalue weighted by Crippen LogP contribution is 2.23. The molecule has 62 valence electrons. The van der Waals surface area contributed by atoms with E-state index < -0.39 is 0 Å². The van der Waals surface area contributed by atoms with Crippen molar-refractivity contribution < 1.29 is 0 Å². The summed E-state index contributed by atoms with van der Waals surface area (Å²) >= 11 is 3.41. The van der Waals surface area contributed by atoms with Crippen LogP contribution in [0.1, 0.15) is 0 Å². The zero-order chi connectivity index (χ0) is 8.55. The Labute approximate surface area is 78.3 Å². The van der Waals surface area contributed by atoms with Gasteiger partial charge in [-0.1, -0.05) is 15.9 Å². The maximum Gasteiger partial charge on any atom is 0.129 e. The molecule has 1 aromatic heterocycles. The van der Waals surface area contributed by atoms with Crippen molar-refractivity contribution in [3.63, 3.8) is 0 Å². The first-order valence-electron chi connectivity index (χ1n) is 3.62. The Hall–Kier alpha value is -1.03. The standard InChI is InChI=1S/C8H8BrN3/c1-10-8-6-4-5(9)2-3-7(6)11-12-8/h2-4H,1H3,(H2,10,11,12). The van der Waals surface area contributed by atoms with E-state index in [0.29, 0.717) is 0 Å². The molecule has 0 radical (unpaired) electrons. The number of benzene rings is 1. The second-order valence-electron chi connectivity index (χ2n) is 2.51. The van der Waals surface area contributed by atoms with Gasteiger partial charge in [-0.05, 0) is 18.2 Å². The fraction of sp³-hybridized carbons (Fsp3) is 0.125. The molecule has 0 fully saturated rings. The summed E-state index contributed by atoms with van der Waals surface area (Å²) < 4.78 is 1.06. The molecule has 0 atom stereocenters. The molecule has 0 amide bonds. The van der Waals surface area contributed by atoms with Crippen LogP contribution >= 0.6 is 15.9 Å². The van der Waals surface area contributed by atoms with Gasteiger partial charge in [0.05, 0.1) is 5.52 Å². The number of rotatable bonds is 1. The van der Waals surface area contributed by atoms with E-state index in [-0.39, 0.29) is 0 Å². The van der Waals surface area contributed by atoms with Crippen LogP contribution in [0, 0.1) is 0 Å². The Morgan fingerprint density at radius 3 is 3.08 bits per heavy atom. The molecule has 0 aliphatic rings. The van der Waals surface area contributed by atoms with Gasteiger partial charge in [0.15, 0.2) is 0 Å². The summed E-state index contributed by atoms with van der Waals surface area (Å²) in [5.74, 6) is 0.950. The van der Waals surface area contributed by atoms with Gasteiger partial charge in [0, 0.05) is 16.9 Å². The minimum atomic E-state index is 0.950. The van der Waals surface area contributed by atoms with Gasteiger partial charge >= 0.3 is 0 Å². The molecule has 1 aromatic carbocycles. The van der Waals surface area contributed by atoms with E-state index in [4.69, 9.17) is 0 Å². The molecule has 12 heavy (non-hydrogen) atoms. The van der Waals surface area contributed by atoms with Gasteiger partial charge in [0.1, 0.15) is 5.82 Å². The molecule has 0 spiro atoms. The van der Waals surface area contributed by atoms with Crippen LogP contribution in [0.2, 0.25) is 0 Å². The Morgan fingerprint density at radius 2 is 2.33 bits per heavy atom. The summed E-state index contributed by atoms with van der Waals surface area (Å²) in [6.07, 6.45) is 0. The third-order valence-electron chi connectivity index (χ3n) is 1.77. The van der Waals surface area contributed by atoms with E-state index in [0.717, 1.165) is 21.2 Å². The molecule has 0 aliphatic heterocycles. The van der Waals surface area contributed by atoms with E-state index in [1.165, 1.54) is 0 Å². The van der Waals surface area contributed by atoms with E-state index >= 15 is 0 Å². The van der Waals surface area contributed by atoms with Crippen LogP contribution in [0.25, 0.3) is 10.9 Å². The van der Waals surface area contributed by atoms with Crippen LogP contribution in [-0.4, -0.2) is 17.2 Å². The van der Waals surface area contributed by atoms with Crippen molar-refractivity contribution in [3.05, 3.63) is 22.7 Å². The zero-order valence-electron chi connectivity index (χ0n) is 6.56. The van der Waals surface area contributed by atoms with E-state index in [2.05, 4.69) is 31.4 Å². The molecule has 0 unspecified atom stereocenters. The number of aromatic nitrogens is 2. The van der Waals surface area contributed by atoms with Crippen molar-refractivity contribution in [2.24, 2.45) is 0 Å². The van der Waals surface area contributed by atoms with Gasteiger partial charge in [0.25, 0.3) is 0 Å². The Balaban J connectivity index is 2.75. The molecule has 3 nitrogen and oxygen atoms in total. The molecule has 0 saturated carbocycles. The molecule has 2 rings (SSSR count). The van der Waals surface area contributed by atoms with Crippen molar-refractivity contribution in [1.29, 1.82) is 0 Å². The largest absolute Gasteiger partial charge is 0.373 e. The number of hydrogen-bond donors (Lipinski definition) is 2. The van der Waals surface area contributed by atoms with Crippen molar-refractivity contribution in [1.82, 2.24) is 10.2 Å². The lowest BCUT2D eigenvalue weighted by Crippen LogP contribution is -1.87. The average molecular weight is 226 g/mol. The van der Waals surface area contributed by atoms with Gasteiger partial charge < -0.3 is 5.32 Å². The molecule has 0 bridgehead atoms. The maximum absolute atomic E-state index is 4.12. The van der Waals surface area contributed by atoms with E-state index in [9.17, 15) is 0 Å². The number of aromatic amines is 1. The lowest BCUT2D eigenvalue weighted by molar-refractivity contribution is 1.11. The highest BCUT2D eigenvalue weighted by atomic mass is 79.9. The molecule has 0 aliphatic carbocycles. The van der Waals surface area contributed by atoms with Crippen LogP contribution in [-0.2, 0) is 0 Å². The third kappa shape index (κ3) is 1.08. The predicted molar refractivity (Wildman–Crippen MR) is 53.3 cm³/mol. The first-order valence-corrected chi connectivity index (χ1v) is 4.42. The summed E-state index contributed by atoms with van der Waals surface area (Å²) in [6.45, 7) is 0. The maximum atomic E-state index is 4.12. The van der Waals surface area contributed by atoms with Crippen molar-refractivity contribution in [2.75, 3.05) is 12.4 Å². The minimum Gasteiger partial charge on any atom is -0.373 e. The first-order chi connectivity index (χ1) is 5.81. The summed E-state index contributed by atoms with van der Waals surface area (Å²) in [6, 6.07) is 5.98. The number of nitrogens with zero attached hydrogens (tertiary/aromatic N) is 1. The molecule has 0 saturated heterocycles. The lowest BCUT2D eigenvalue weighted by Gasteiger charge is -1.94. The number of hydrogen-bond acceptors (Lipinski definition) is 2. The molecule has 2 aromatic rings. The van der Waals surface area contributed by atoms with Crippen molar-refractivity contribution in [2.45, 2.75) is 0 Å². The Kier molecular flexibility index (Phi) is 1.77. The number of nitrogens with one attached hydrogen (secondary N) is 2. The molecule has 1 heterocycles. The van der Waals surface area contributed by atoms with E-state index in [1.54, 1.807) is 0 Å². The SMILES string of the molecule is CNc1[nH]nc2ccc(Br)cc12. The van der Waals surface area contributed by atoms with Gasteiger partial charge in [-0.2, -0.15) is 5.10 Å². The smallest absolute Gasteiger partial charge is 0.129 e. The predicted octanol–water partition coefficient (Wildman–Crippen LogP) is 2.37. The average Bonchev–Trinajstić information content (AvgIpc) is 2.46. The van der Waals surface area contributed by atoms with Gasteiger partial charge in [-0.15, -0.1) is 0 Å². The van der Waals surface area contributed by atoms with Gasteiger partial charge in [0.2, 0.25) is 0 Å².